The van der Waals surface area contributed by atoms with E-state index >= 15 is 0 Å². The van der Waals surface area contributed by atoms with Crippen LogP contribution in [0.25, 0.3) is 0 Å². The molecular weight excluding hydrogens is 230 g/mol. The van der Waals surface area contributed by atoms with E-state index in [1.54, 1.807) is 0 Å². The van der Waals surface area contributed by atoms with Crippen molar-refractivity contribution < 1.29 is 4.79 Å². The normalized spacial score (nSPS) is 20.5. The topological polar surface area (TPSA) is 73.9 Å². The summed E-state index contributed by atoms with van der Waals surface area (Å²) >= 11 is 0. The maximum absolute atomic E-state index is 11.7. The smallest absolute Gasteiger partial charge is 0.273 e. The average Bonchev–Trinajstić information content (AvgIpc) is 2.95. The number of amides is 1. The number of aromatic nitrogens is 3. The number of carbonyl (C=O) groups excluding carboxylic acids is 1. The van der Waals surface area contributed by atoms with Gasteiger partial charge in [0, 0.05) is 19.6 Å². The van der Waals surface area contributed by atoms with Crippen LogP contribution in [-0.4, -0.2) is 52.4 Å². The van der Waals surface area contributed by atoms with Crippen molar-refractivity contribution in [1.82, 2.24) is 25.6 Å². The van der Waals surface area contributed by atoms with Crippen LogP contribution in [0.5, 0.6) is 0 Å². The van der Waals surface area contributed by atoms with Gasteiger partial charge in [0.05, 0.1) is 6.20 Å². The fraction of sp³-hybridized carbons (Fsp3) is 0.750. The molecule has 1 aliphatic rings. The van der Waals surface area contributed by atoms with Crippen molar-refractivity contribution in [2.75, 3.05) is 26.2 Å². The standard InChI is InChI=1S/C12H21N5O/c1-9(2)7-17-4-3-10(8-17)5-13-12(18)11-6-14-16-15-11/h6,9-10H,3-5,7-8H2,1-2H3,(H,13,18)(H,14,15,16)/t10-/m1/s1. The van der Waals surface area contributed by atoms with E-state index in [4.69, 9.17) is 0 Å². The second kappa shape index (κ2) is 5.95. The third-order valence-corrected chi connectivity index (χ3v) is 3.19. The maximum Gasteiger partial charge on any atom is 0.273 e. The molecule has 1 amide bonds. The first kappa shape index (κ1) is 13.0. The number of carbonyl (C=O) groups is 1. The summed E-state index contributed by atoms with van der Waals surface area (Å²) in [5.74, 6) is 1.11. The van der Waals surface area contributed by atoms with Crippen LogP contribution in [0.15, 0.2) is 6.20 Å². The van der Waals surface area contributed by atoms with Crippen LogP contribution in [0.1, 0.15) is 30.8 Å². The second-order valence-corrected chi connectivity index (χ2v) is 5.37. The molecule has 0 radical (unpaired) electrons. The Hall–Kier alpha value is -1.43. The first-order valence-corrected chi connectivity index (χ1v) is 6.51. The minimum Gasteiger partial charge on any atom is -0.350 e. The number of nitrogens with zero attached hydrogens (tertiary/aromatic N) is 3. The quantitative estimate of drug-likeness (QED) is 0.800. The first-order chi connectivity index (χ1) is 8.65. The number of hydrogen-bond donors (Lipinski definition) is 2. The Morgan fingerprint density at radius 2 is 2.50 bits per heavy atom. The zero-order valence-electron chi connectivity index (χ0n) is 11.0. The molecule has 0 saturated carbocycles. The van der Waals surface area contributed by atoms with Crippen molar-refractivity contribution in [3.05, 3.63) is 11.9 Å². The summed E-state index contributed by atoms with van der Waals surface area (Å²) in [6.07, 6.45) is 2.60. The largest absolute Gasteiger partial charge is 0.350 e. The van der Waals surface area contributed by atoms with Crippen molar-refractivity contribution in [3.8, 4) is 0 Å². The minimum atomic E-state index is -0.147. The molecule has 100 valence electrons. The number of nitrogens with one attached hydrogen (secondary N) is 2. The van der Waals surface area contributed by atoms with E-state index in [2.05, 4.69) is 39.5 Å². The summed E-state index contributed by atoms with van der Waals surface area (Å²) in [5.41, 5.74) is 0.354. The highest BCUT2D eigenvalue weighted by molar-refractivity contribution is 5.91. The summed E-state index contributed by atoms with van der Waals surface area (Å²) in [5, 5.41) is 12.7. The zero-order valence-corrected chi connectivity index (χ0v) is 11.0. The fourth-order valence-corrected chi connectivity index (χ4v) is 2.40. The first-order valence-electron chi connectivity index (χ1n) is 6.51. The van der Waals surface area contributed by atoms with Gasteiger partial charge in [-0.15, -0.1) is 0 Å². The highest BCUT2D eigenvalue weighted by Crippen LogP contribution is 2.16. The van der Waals surface area contributed by atoms with Crippen molar-refractivity contribution in [2.24, 2.45) is 11.8 Å². The molecular formula is C12H21N5O. The molecule has 0 unspecified atom stereocenters. The van der Waals surface area contributed by atoms with Crippen LogP contribution in [0, 0.1) is 11.8 Å². The van der Waals surface area contributed by atoms with E-state index in [1.165, 1.54) is 6.20 Å². The number of aromatic amines is 1. The van der Waals surface area contributed by atoms with Gasteiger partial charge < -0.3 is 10.2 Å². The third-order valence-electron chi connectivity index (χ3n) is 3.19. The highest BCUT2D eigenvalue weighted by atomic mass is 16.1. The van der Waals surface area contributed by atoms with E-state index in [0.29, 0.717) is 17.5 Å². The molecule has 6 nitrogen and oxygen atoms in total. The van der Waals surface area contributed by atoms with Crippen LogP contribution in [0.2, 0.25) is 0 Å². The van der Waals surface area contributed by atoms with Gasteiger partial charge in [0.25, 0.3) is 5.91 Å². The summed E-state index contributed by atoms with van der Waals surface area (Å²) in [7, 11) is 0. The Labute approximate surface area is 107 Å². The lowest BCUT2D eigenvalue weighted by Gasteiger charge is -2.18. The van der Waals surface area contributed by atoms with Crippen molar-refractivity contribution in [2.45, 2.75) is 20.3 Å². The average molecular weight is 251 g/mol. The molecule has 0 bridgehead atoms. The van der Waals surface area contributed by atoms with E-state index < -0.39 is 0 Å². The molecule has 1 fully saturated rings. The molecule has 2 N–H and O–H groups in total. The van der Waals surface area contributed by atoms with E-state index in [1.807, 2.05) is 0 Å². The molecule has 0 aromatic carbocycles. The van der Waals surface area contributed by atoms with Crippen LogP contribution < -0.4 is 5.32 Å². The van der Waals surface area contributed by atoms with E-state index in [-0.39, 0.29) is 5.91 Å². The van der Waals surface area contributed by atoms with Gasteiger partial charge in [0.15, 0.2) is 5.69 Å². The van der Waals surface area contributed by atoms with Gasteiger partial charge in [-0.05, 0) is 24.8 Å². The van der Waals surface area contributed by atoms with Gasteiger partial charge in [-0.25, -0.2) is 0 Å². The lowest BCUT2D eigenvalue weighted by atomic mass is 10.1. The van der Waals surface area contributed by atoms with E-state index in [9.17, 15) is 4.79 Å². The lowest BCUT2D eigenvalue weighted by molar-refractivity contribution is 0.0942. The van der Waals surface area contributed by atoms with Crippen molar-refractivity contribution in [3.63, 3.8) is 0 Å². The molecule has 2 heterocycles. The molecule has 0 aliphatic carbocycles. The minimum absolute atomic E-state index is 0.147. The Bertz CT molecular complexity index is 376. The van der Waals surface area contributed by atoms with Gasteiger partial charge >= 0.3 is 0 Å². The Kier molecular flexibility index (Phi) is 4.30. The SMILES string of the molecule is CC(C)CN1CC[C@H](CNC(=O)c2cn[nH]n2)C1. The van der Waals surface area contributed by atoms with Crippen LogP contribution in [0.4, 0.5) is 0 Å². The van der Waals surface area contributed by atoms with Crippen LogP contribution in [0.3, 0.4) is 0 Å². The van der Waals surface area contributed by atoms with Crippen molar-refractivity contribution >= 4 is 5.91 Å². The zero-order chi connectivity index (χ0) is 13.0. The van der Waals surface area contributed by atoms with Gasteiger partial charge in [0.2, 0.25) is 0 Å². The molecule has 1 saturated heterocycles. The number of hydrogen-bond acceptors (Lipinski definition) is 4. The second-order valence-electron chi connectivity index (χ2n) is 5.37. The summed E-state index contributed by atoms with van der Waals surface area (Å²) in [6, 6.07) is 0. The monoisotopic (exact) mass is 251 g/mol. The summed E-state index contributed by atoms with van der Waals surface area (Å²) < 4.78 is 0. The van der Waals surface area contributed by atoms with Gasteiger partial charge in [-0.3, -0.25) is 4.79 Å². The summed E-state index contributed by atoms with van der Waals surface area (Å²) in [6.45, 7) is 8.56. The molecule has 2 rings (SSSR count). The molecule has 1 aromatic heterocycles. The predicted octanol–water partition coefficient (Wildman–Crippen LogP) is 0.512. The Balaban J connectivity index is 1.71. The van der Waals surface area contributed by atoms with E-state index in [0.717, 1.165) is 32.6 Å². The molecule has 18 heavy (non-hydrogen) atoms. The molecule has 6 heteroatoms. The molecule has 1 aromatic rings. The summed E-state index contributed by atoms with van der Waals surface area (Å²) in [4.78, 5) is 14.1. The molecule has 0 spiro atoms. The highest BCUT2D eigenvalue weighted by Gasteiger charge is 2.23. The Morgan fingerprint density at radius 1 is 1.67 bits per heavy atom. The van der Waals surface area contributed by atoms with Gasteiger partial charge in [-0.2, -0.15) is 15.4 Å². The van der Waals surface area contributed by atoms with Gasteiger partial charge in [0.1, 0.15) is 0 Å². The third kappa shape index (κ3) is 3.53. The lowest BCUT2D eigenvalue weighted by Crippen LogP contribution is -2.32. The van der Waals surface area contributed by atoms with Gasteiger partial charge in [-0.1, -0.05) is 13.8 Å². The van der Waals surface area contributed by atoms with Crippen LogP contribution >= 0.6 is 0 Å². The number of rotatable bonds is 5. The number of likely N-dealkylation sites (tertiary alicyclic amines) is 1. The Morgan fingerprint density at radius 3 is 3.17 bits per heavy atom. The maximum atomic E-state index is 11.7. The molecule has 1 aliphatic heterocycles. The van der Waals surface area contributed by atoms with Crippen LogP contribution in [-0.2, 0) is 0 Å². The van der Waals surface area contributed by atoms with Crippen molar-refractivity contribution in [1.29, 1.82) is 0 Å². The molecule has 1 atom stereocenters. The fourth-order valence-electron chi connectivity index (χ4n) is 2.40. The predicted molar refractivity (Wildman–Crippen MR) is 68.1 cm³/mol. The number of H-pyrrole nitrogens is 1.